The fourth-order valence-corrected chi connectivity index (χ4v) is 3.79. The highest BCUT2D eigenvalue weighted by atomic mass is 16.5. The summed E-state index contributed by atoms with van der Waals surface area (Å²) in [6, 6.07) is 20.0. The summed E-state index contributed by atoms with van der Waals surface area (Å²) in [5, 5.41) is 12.4. The van der Waals surface area contributed by atoms with Gasteiger partial charge in [-0.05, 0) is 60.4 Å². The molecule has 0 aromatic heterocycles. The number of carboxylic acids is 1. The number of hydrogen-bond donors (Lipinski definition) is 2. The maximum atomic E-state index is 12.9. The largest absolute Gasteiger partial charge is 0.496 e. The summed E-state index contributed by atoms with van der Waals surface area (Å²) in [6.45, 7) is 2.27. The second kappa shape index (κ2) is 12.5. The predicted molar refractivity (Wildman–Crippen MR) is 133 cm³/mol. The van der Waals surface area contributed by atoms with Crippen LogP contribution in [-0.2, 0) is 17.8 Å². The normalized spacial score (nSPS) is 11.4. The highest BCUT2D eigenvalue weighted by Gasteiger charge is 2.19. The van der Waals surface area contributed by atoms with Gasteiger partial charge in [0.15, 0.2) is 11.5 Å². The Balaban J connectivity index is 1.65. The SMILES string of the molecule is CCCC(Cc1ccc(OC)c(C(=O)NCc2ccc(Oc3ccccc3OC)cc2)c1)C(=O)O. The number of carbonyl (C=O) groups is 2. The van der Waals surface area contributed by atoms with Crippen LogP contribution in [0.1, 0.15) is 41.3 Å². The number of methoxy groups -OCH3 is 2. The Morgan fingerprint density at radius 2 is 1.54 bits per heavy atom. The molecule has 1 amide bonds. The van der Waals surface area contributed by atoms with E-state index in [1.807, 2.05) is 61.5 Å². The molecule has 2 N–H and O–H groups in total. The van der Waals surface area contributed by atoms with E-state index in [-0.39, 0.29) is 5.91 Å². The first kappa shape index (κ1) is 25.6. The molecular weight excluding hydrogens is 446 g/mol. The van der Waals surface area contributed by atoms with Gasteiger partial charge in [-0.15, -0.1) is 0 Å². The van der Waals surface area contributed by atoms with Gasteiger partial charge < -0.3 is 24.6 Å². The summed E-state index contributed by atoms with van der Waals surface area (Å²) in [5.74, 6) is 0.748. The summed E-state index contributed by atoms with van der Waals surface area (Å²) >= 11 is 0. The monoisotopic (exact) mass is 477 g/mol. The molecule has 1 atom stereocenters. The third-order valence-corrected chi connectivity index (χ3v) is 5.65. The molecule has 3 rings (SSSR count). The van der Waals surface area contributed by atoms with Gasteiger partial charge in [-0.2, -0.15) is 0 Å². The van der Waals surface area contributed by atoms with Crippen molar-refractivity contribution < 1.29 is 28.9 Å². The first-order chi connectivity index (χ1) is 16.9. The highest BCUT2D eigenvalue weighted by molar-refractivity contribution is 5.97. The van der Waals surface area contributed by atoms with Crippen molar-refractivity contribution in [1.29, 1.82) is 0 Å². The van der Waals surface area contributed by atoms with Crippen LogP contribution in [0.3, 0.4) is 0 Å². The van der Waals surface area contributed by atoms with Crippen LogP contribution in [0, 0.1) is 5.92 Å². The van der Waals surface area contributed by atoms with Gasteiger partial charge in [0.25, 0.3) is 5.91 Å². The van der Waals surface area contributed by atoms with Gasteiger partial charge in [0.1, 0.15) is 11.5 Å². The maximum Gasteiger partial charge on any atom is 0.306 e. The third kappa shape index (κ3) is 6.99. The van der Waals surface area contributed by atoms with Gasteiger partial charge in [-0.25, -0.2) is 0 Å². The zero-order valence-corrected chi connectivity index (χ0v) is 20.2. The van der Waals surface area contributed by atoms with Crippen molar-refractivity contribution in [1.82, 2.24) is 5.32 Å². The molecule has 3 aromatic carbocycles. The van der Waals surface area contributed by atoms with Crippen molar-refractivity contribution in [2.24, 2.45) is 5.92 Å². The first-order valence-electron chi connectivity index (χ1n) is 11.5. The average molecular weight is 478 g/mol. The van der Waals surface area contributed by atoms with Crippen molar-refractivity contribution in [3.05, 3.63) is 83.4 Å². The molecule has 7 heteroatoms. The number of carboxylic acid groups (broad SMARTS) is 1. The van der Waals surface area contributed by atoms with E-state index < -0.39 is 11.9 Å². The predicted octanol–water partition coefficient (Wildman–Crippen LogP) is 5.47. The Morgan fingerprint density at radius 1 is 0.886 bits per heavy atom. The molecule has 3 aromatic rings. The van der Waals surface area contributed by atoms with E-state index >= 15 is 0 Å². The number of amides is 1. The van der Waals surface area contributed by atoms with Gasteiger partial charge in [0.2, 0.25) is 0 Å². The maximum absolute atomic E-state index is 12.9. The molecule has 0 heterocycles. The number of hydrogen-bond acceptors (Lipinski definition) is 5. The van der Waals surface area contributed by atoms with Crippen LogP contribution in [0.2, 0.25) is 0 Å². The summed E-state index contributed by atoms with van der Waals surface area (Å²) in [7, 11) is 3.09. The molecule has 0 saturated heterocycles. The smallest absolute Gasteiger partial charge is 0.306 e. The Kier molecular flexibility index (Phi) is 9.12. The van der Waals surface area contributed by atoms with Crippen LogP contribution in [0.15, 0.2) is 66.7 Å². The zero-order valence-electron chi connectivity index (χ0n) is 20.2. The summed E-state index contributed by atoms with van der Waals surface area (Å²) < 4.78 is 16.6. The van der Waals surface area contributed by atoms with E-state index in [9.17, 15) is 14.7 Å². The minimum absolute atomic E-state index is 0.291. The molecular formula is C28H31NO6. The number of aliphatic carboxylic acids is 1. The number of ether oxygens (including phenoxy) is 3. The molecule has 0 aliphatic carbocycles. The topological polar surface area (TPSA) is 94.1 Å². The van der Waals surface area contributed by atoms with Crippen LogP contribution in [0.4, 0.5) is 0 Å². The molecule has 0 bridgehead atoms. The van der Waals surface area contributed by atoms with E-state index in [1.54, 1.807) is 19.2 Å². The Labute approximate surface area is 205 Å². The molecule has 0 fully saturated rings. The van der Waals surface area contributed by atoms with Crippen molar-refractivity contribution in [2.45, 2.75) is 32.7 Å². The second-order valence-corrected chi connectivity index (χ2v) is 8.14. The summed E-state index contributed by atoms with van der Waals surface area (Å²) in [4.78, 5) is 24.5. The molecule has 0 aliphatic heterocycles. The second-order valence-electron chi connectivity index (χ2n) is 8.14. The quantitative estimate of drug-likeness (QED) is 0.359. The fourth-order valence-electron chi connectivity index (χ4n) is 3.79. The van der Waals surface area contributed by atoms with Crippen molar-refractivity contribution in [3.8, 4) is 23.0 Å². The third-order valence-electron chi connectivity index (χ3n) is 5.65. The summed E-state index contributed by atoms with van der Waals surface area (Å²) in [5.41, 5.74) is 2.06. The molecule has 184 valence electrons. The van der Waals surface area contributed by atoms with Crippen LogP contribution in [-0.4, -0.2) is 31.2 Å². The molecule has 0 radical (unpaired) electrons. The van der Waals surface area contributed by atoms with E-state index in [0.29, 0.717) is 47.9 Å². The van der Waals surface area contributed by atoms with E-state index in [2.05, 4.69) is 5.32 Å². The lowest BCUT2D eigenvalue weighted by Crippen LogP contribution is -2.24. The molecule has 35 heavy (non-hydrogen) atoms. The Morgan fingerprint density at radius 3 is 2.17 bits per heavy atom. The number of benzene rings is 3. The van der Waals surface area contributed by atoms with Crippen LogP contribution < -0.4 is 19.5 Å². The first-order valence-corrected chi connectivity index (χ1v) is 11.5. The minimum Gasteiger partial charge on any atom is -0.496 e. The van der Waals surface area contributed by atoms with Gasteiger partial charge in [0, 0.05) is 6.54 Å². The molecule has 7 nitrogen and oxygen atoms in total. The number of para-hydroxylation sites is 2. The highest BCUT2D eigenvalue weighted by Crippen LogP contribution is 2.31. The van der Waals surface area contributed by atoms with Crippen molar-refractivity contribution in [3.63, 3.8) is 0 Å². The lowest BCUT2D eigenvalue weighted by atomic mass is 9.94. The number of nitrogens with one attached hydrogen (secondary N) is 1. The van der Waals surface area contributed by atoms with Crippen molar-refractivity contribution in [2.75, 3.05) is 14.2 Å². The zero-order chi connectivity index (χ0) is 25.2. The Bertz CT molecular complexity index is 1140. The van der Waals surface area contributed by atoms with Crippen LogP contribution in [0.25, 0.3) is 0 Å². The minimum atomic E-state index is -0.827. The van der Waals surface area contributed by atoms with Crippen LogP contribution >= 0.6 is 0 Å². The standard InChI is InChI=1S/C28H31NO6/c1-4-7-21(28(31)32)16-20-12-15-24(33-2)23(17-20)27(30)29-18-19-10-13-22(14-11-19)35-26-9-6-5-8-25(26)34-3/h5-6,8-15,17,21H,4,7,16,18H2,1-3H3,(H,29,30)(H,31,32). The lowest BCUT2D eigenvalue weighted by molar-refractivity contribution is -0.141. The number of rotatable bonds is 12. The van der Waals surface area contributed by atoms with E-state index in [0.717, 1.165) is 17.5 Å². The van der Waals surface area contributed by atoms with Gasteiger partial charge in [-0.1, -0.05) is 43.7 Å². The molecule has 0 spiro atoms. The van der Waals surface area contributed by atoms with Gasteiger partial charge in [-0.3, -0.25) is 9.59 Å². The van der Waals surface area contributed by atoms with Crippen LogP contribution in [0.5, 0.6) is 23.0 Å². The van der Waals surface area contributed by atoms with E-state index in [4.69, 9.17) is 14.2 Å². The average Bonchev–Trinajstić information content (AvgIpc) is 2.88. The summed E-state index contributed by atoms with van der Waals surface area (Å²) in [6.07, 6.45) is 1.73. The van der Waals surface area contributed by atoms with Gasteiger partial charge >= 0.3 is 5.97 Å². The molecule has 0 aliphatic rings. The van der Waals surface area contributed by atoms with Crippen molar-refractivity contribution >= 4 is 11.9 Å². The lowest BCUT2D eigenvalue weighted by Gasteiger charge is -2.14. The van der Waals surface area contributed by atoms with Gasteiger partial charge in [0.05, 0.1) is 25.7 Å². The fraction of sp³-hybridized carbons (Fsp3) is 0.286. The molecule has 1 unspecified atom stereocenters. The number of carbonyl (C=O) groups excluding carboxylic acids is 1. The van der Waals surface area contributed by atoms with E-state index in [1.165, 1.54) is 7.11 Å². The molecule has 0 saturated carbocycles. The Hall–Kier alpha value is -4.00.